The average molecular weight is 264 g/mol. The molecule has 1 aromatic rings. The van der Waals surface area contributed by atoms with Crippen molar-refractivity contribution in [3.63, 3.8) is 0 Å². The minimum absolute atomic E-state index is 0.184. The topological polar surface area (TPSA) is 87.7 Å². The largest absolute Gasteiger partial charge is 0.375 e. The molecule has 0 aliphatic rings. The van der Waals surface area contributed by atoms with Gasteiger partial charge >= 0.3 is 6.03 Å². The van der Waals surface area contributed by atoms with Crippen molar-refractivity contribution >= 4 is 23.9 Å². The van der Waals surface area contributed by atoms with E-state index in [1.54, 1.807) is 30.3 Å². The highest BCUT2D eigenvalue weighted by molar-refractivity contribution is 5.96. The summed E-state index contributed by atoms with van der Waals surface area (Å²) in [5, 5.41) is 3.28. The standard InChI is InChI=1S/C12H14N3O4/c1-19-9-11(17)14-15(12(18)13-7-8-16)10-5-3-2-4-6-10/h2-6H,7,9H2,1H3,(H,13,18)(H,14,17). The quantitative estimate of drug-likeness (QED) is 0.732. The van der Waals surface area contributed by atoms with E-state index in [0.717, 1.165) is 5.01 Å². The molecule has 0 saturated carbocycles. The SMILES string of the molecule is COCC(=O)NN(C(=O)NC[C]=O)c1ccccc1. The van der Waals surface area contributed by atoms with Crippen molar-refractivity contribution in [2.24, 2.45) is 0 Å². The van der Waals surface area contributed by atoms with Crippen molar-refractivity contribution in [3.8, 4) is 0 Å². The van der Waals surface area contributed by atoms with E-state index in [4.69, 9.17) is 0 Å². The smallest absolute Gasteiger partial charge is 0.341 e. The summed E-state index contributed by atoms with van der Waals surface area (Å²) in [6, 6.07) is 7.83. The molecule has 3 amide bonds. The van der Waals surface area contributed by atoms with Gasteiger partial charge in [0.1, 0.15) is 6.61 Å². The van der Waals surface area contributed by atoms with Gasteiger partial charge in [-0.25, -0.2) is 9.80 Å². The molecule has 0 aromatic heterocycles. The molecule has 7 nitrogen and oxygen atoms in total. The highest BCUT2D eigenvalue weighted by atomic mass is 16.5. The fourth-order valence-corrected chi connectivity index (χ4v) is 1.29. The summed E-state index contributed by atoms with van der Waals surface area (Å²) in [5.41, 5.74) is 2.82. The van der Waals surface area contributed by atoms with Gasteiger partial charge in [0.25, 0.3) is 5.91 Å². The van der Waals surface area contributed by atoms with E-state index >= 15 is 0 Å². The third-order valence-electron chi connectivity index (χ3n) is 2.04. The molecule has 0 bridgehead atoms. The van der Waals surface area contributed by atoms with Crippen molar-refractivity contribution in [1.29, 1.82) is 0 Å². The minimum Gasteiger partial charge on any atom is -0.375 e. The Labute approximate surface area is 110 Å². The summed E-state index contributed by atoms with van der Waals surface area (Å²) in [4.78, 5) is 33.4. The van der Waals surface area contributed by atoms with Crippen LogP contribution in [0.3, 0.4) is 0 Å². The van der Waals surface area contributed by atoms with Crippen LogP contribution < -0.4 is 15.8 Å². The number of amides is 3. The number of hydrogen-bond donors (Lipinski definition) is 2. The molecule has 0 atom stereocenters. The van der Waals surface area contributed by atoms with Gasteiger partial charge in [0, 0.05) is 7.11 Å². The molecule has 0 aliphatic carbocycles. The third-order valence-corrected chi connectivity index (χ3v) is 2.04. The molecule has 0 aliphatic heterocycles. The van der Waals surface area contributed by atoms with Crippen LogP contribution in [0.2, 0.25) is 0 Å². The van der Waals surface area contributed by atoms with Crippen molar-refractivity contribution < 1.29 is 19.1 Å². The van der Waals surface area contributed by atoms with Gasteiger partial charge in [-0.2, -0.15) is 0 Å². The molecule has 0 unspecified atom stereocenters. The maximum atomic E-state index is 11.8. The molecule has 101 valence electrons. The van der Waals surface area contributed by atoms with Crippen molar-refractivity contribution in [1.82, 2.24) is 10.7 Å². The number of methoxy groups -OCH3 is 1. The summed E-state index contributed by atoms with van der Waals surface area (Å²) in [6.45, 7) is -0.446. The maximum absolute atomic E-state index is 11.8. The van der Waals surface area contributed by atoms with E-state index in [9.17, 15) is 14.4 Å². The van der Waals surface area contributed by atoms with Gasteiger partial charge in [0.15, 0.2) is 0 Å². The molecule has 0 saturated heterocycles. The Kier molecular flexibility index (Phi) is 6.04. The van der Waals surface area contributed by atoms with E-state index < -0.39 is 11.9 Å². The predicted octanol–water partition coefficient (Wildman–Crippen LogP) is -0.0101. The molecule has 0 spiro atoms. The number of ether oxygens (including phenoxy) is 1. The second-order valence-electron chi connectivity index (χ2n) is 3.44. The summed E-state index contributed by atoms with van der Waals surface area (Å²) < 4.78 is 4.67. The van der Waals surface area contributed by atoms with Gasteiger partial charge in [0.05, 0.1) is 12.2 Å². The van der Waals surface area contributed by atoms with E-state index in [1.165, 1.54) is 13.4 Å². The lowest BCUT2D eigenvalue weighted by Crippen LogP contribution is -2.52. The number of benzene rings is 1. The van der Waals surface area contributed by atoms with Crippen LogP contribution in [-0.4, -0.2) is 38.5 Å². The monoisotopic (exact) mass is 264 g/mol. The fraction of sp³-hybridized carbons (Fsp3) is 0.250. The Morgan fingerprint density at radius 2 is 2.00 bits per heavy atom. The van der Waals surface area contributed by atoms with Gasteiger partial charge in [-0.15, -0.1) is 0 Å². The number of para-hydroxylation sites is 1. The number of hydrazine groups is 1. The fourth-order valence-electron chi connectivity index (χ4n) is 1.29. The number of nitrogens with zero attached hydrogens (tertiary/aromatic N) is 1. The number of carbonyl (C=O) groups excluding carboxylic acids is 3. The molecule has 0 heterocycles. The predicted molar refractivity (Wildman–Crippen MR) is 68.0 cm³/mol. The van der Waals surface area contributed by atoms with Crippen LogP contribution >= 0.6 is 0 Å². The molecular weight excluding hydrogens is 250 g/mol. The lowest BCUT2D eigenvalue weighted by Gasteiger charge is -2.22. The first-order valence-electron chi connectivity index (χ1n) is 5.45. The number of rotatable bonds is 5. The van der Waals surface area contributed by atoms with E-state index in [-0.39, 0.29) is 13.2 Å². The van der Waals surface area contributed by atoms with E-state index in [1.807, 2.05) is 0 Å². The van der Waals surface area contributed by atoms with Crippen LogP contribution in [0, 0.1) is 0 Å². The molecule has 1 aromatic carbocycles. The van der Waals surface area contributed by atoms with Gasteiger partial charge in [0.2, 0.25) is 6.29 Å². The lowest BCUT2D eigenvalue weighted by molar-refractivity contribution is -0.124. The third kappa shape index (κ3) is 4.76. The van der Waals surface area contributed by atoms with E-state index in [2.05, 4.69) is 15.5 Å². The van der Waals surface area contributed by atoms with E-state index in [0.29, 0.717) is 5.69 Å². The van der Waals surface area contributed by atoms with Crippen LogP contribution in [0.1, 0.15) is 0 Å². The summed E-state index contributed by atoms with van der Waals surface area (Å²) in [7, 11) is 1.37. The first-order chi connectivity index (χ1) is 9.19. The van der Waals surface area contributed by atoms with Crippen LogP contribution in [0.25, 0.3) is 0 Å². The van der Waals surface area contributed by atoms with Crippen LogP contribution in [0.5, 0.6) is 0 Å². The van der Waals surface area contributed by atoms with Gasteiger partial charge in [-0.1, -0.05) is 18.2 Å². The first kappa shape index (κ1) is 14.7. The Morgan fingerprint density at radius 1 is 1.32 bits per heavy atom. The molecule has 7 heteroatoms. The van der Waals surface area contributed by atoms with Crippen molar-refractivity contribution in [3.05, 3.63) is 30.3 Å². The molecular formula is C12H14N3O4. The Hall–Kier alpha value is -2.41. The Balaban J connectivity index is 2.81. The van der Waals surface area contributed by atoms with Crippen molar-refractivity contribution in [2.45, 2.75) is 0 Å². The highest BCUT2D eigenvalue weighted by Gasteiger charge is 2.17. The second-order valence-corrected chi connectivity index (χ2v) is 3.44. The van der Waals surface area contributed by atoms with Crippen molar-refractivity contribution in [2.75, 3.05) is 25.3 Å². The minimum atomic E-state index is -0.640. The summed E-state index contributed by atoms with van der Waals surface area (Å²) in [5.74, 6) is -0.489. The van der Waals surface area contributed by atoms with Gasteiger partial charge in [-0.05, 0) is 12.1 Å². The zero-order chi connectivity index (χ0) is 14.1. The number of carbonyl (C=O) groups is 2. The van der Waals surface area contributed by atoms with Crippen LogP contribution in [0.15, 0.2) is 30.3 Å². The van der Waals surface area contributed by atoms with Gasteiger partial charge < -0.3 is 10.1 Å². The second kappa shape index (κ2) is 7.83. The zero-order valence-electron chi connectivity index (χ0n) is 10.4. The zero-order valence-corrected chi connectivity index (χ0v) is 10.4. The number of anilines is 1. The summed E-state index contributed by atoms with van der Waals surface area (Å²) >= 11 is 0. The maximum Gasteiger partial charge on any atom is 0.341 e. The normalized spacial score (nSPS) is 9.53. The van der Waals surface area contributed by atoms with Crippen LogP contribution in [-0.2, 0) is 14.3 Å². The number of hydrogen-bond acceptors (Lipinski definition) is 4. The number of nitrogens with one attached hydrogen (secondary N) is 2. The molecule has 1 radical (unpaired) electrons. The lowest BCUT2D eigenvalue weighted by atomic mass is 10.3. The average Bonchev–Trinajstić information content (AvgIpc) is 2.43. The highest BCUT2D eigenvalue weighted by Crippen LogP contribution is 2.10. The van der Waals surface area contributed by atoms with Gasteiger partial charge in [-0.3, -0.25) is 15.0 Å². The Morgan fingerprint density at radius 3 is 2.58 bits per heavy atom. The first-order valence-corrected chi connectivity index (χ1v) is 5.45. The summed E-state index contributed by atoms with van der Waals surface area (Å²) in [6.07, 6.45) is 1.54. The molecule has 0 fully saturated rings. The molecule has 19 heavy (non-hydrogen) atoms. The molecule has 2 N–H and O–H groups in total. The van der Waals surface area contributed by atoms with Crippen LogP contribution in [0.4, 0.5) is 10.5 Å². The number of urea groups is 1. The molecule has 1 rings (SSSR count). The Bertz CT molecular complexity index is 436.